The van der Waals surface area contributed by atoms with E-state index in [1.54, 1.807) is 18.3 Å². The van der Waals surface area contributed by atoms with Gasteiger partial charge in [-0.25, -0.2) is 0 Å². The fourth-order valence-corrected chi connectivity index (χ4v) is 2.96. The number of ketones is 1. The normalized spacial score (nSPS) is 29.8. The lowest BCUT2D eigenvalue weighted by Gasteiger charge is -2.27. The van der Waals surface area contributed by atoms with Gasteiger partial charge in [0.25, 0.3) is 0 Å². The molecular weight excluding hydrogens is 228 g/mol. The highest BCUT2D eigenvalue weighted by Crippen LogP contribution is 2.37. The first-order chi connectivity index (χ1) is 8.78. The molecule has 92 valence electrons. The van der Waals surface area contributed by atoms with Crippen molar-refractivity contribution in [1.29, 1.82) is 5.26 Å². The van der Waals surface area contributed by atoms with Crippen LogP contribution in [0.1, 0.15) is 41.7 Å². The predicted octanol–water partition coefficient (Wildman–Crippen LogP) is 2.09. The van der Waals surface area contributed by atoms with E-state index in [-0.39, 0.29) is 23.9 Å². The SMILES string of the molecule is N#Cc1cccnc1C(=O)C1CC2CCC(C1)O2. The summed E-state index contributed by atoms with van der Waals surface area (Å²) in [6.07, 6.45) is 5.69. The maximum absolute atomic E-state index is 12.4. The lowest BCUT2D eigenvalue weighted by molar-refractivity contribution is -0.0150. The van der Waals surface area contributed by atoms with Crippen molar-refractivity contribution < 1.29 is 9.53 Å². The standard InChI is InChI=1S/C14H14N2O2/c15-8-9-2-1-5-16-13(9)14(17)10-6-11-3-4-12(7-10)18-11/h1-2,5,10-12H,3-4,6-7H2. The monoisotopic (exact) mass is 242 g/mol. The number of aromatic nitrogens is 1. The van der Waals surface area contributed by atoms with Gasteiger partial charge in [0.05, 0.1) is 17.8 Å². The average Bonchev–Trinajstić information content (AvgIpc) is 2.76. The lowest BCUT2D eigenvalue weighted by atomic mass is 9.88. The van der Waals surface area contributed by atoms with Gasteiger partial charge in [0.2, 0.25) is 0 Å². The van der Waals surface area contributed by atoms with Gasteiger partial charge < -0.3 is 4.74 Å². The molecule has 1 aromatic heterocycles. The van der Waals surface area contributed by atoms with Crippen molar-refractivity contribution in [2.24, 2.45) is 5.92 Å². The molecule has 2 aliphatic heterocycles. The highest BCUT2D eigenvalue weighted by Gasteiger charge is 2.38. The summed E-state index contributed by atoms with van der Waals surface area (Å²) in [5.41, 5.74) is 0.702. The Morgan fingerprint density at radius 2 is 2.11 bits per heavy atom. The second-order valence-electron chi connectivity index (χ2n) is 5.00. The molecule has 2 fully saturated rings. The van der Waals surface area contributed by atoms with Crippen LogP contribution in [0.15, 0.2) is 18.3 Å². The molecular formula is C14H14N2O2. The molecule has 0 aliphatic carbocycles. The zero-order chi connectivity index (χ0) is 12.5. The van der Waals surface area contributed by atoms with Crippen LogP contribution in [0.3, 0.4) is 0 Å². The van der Waals surface area contributed by atoms with E-state index in [0.29, 0.717) is 11.3 Å². The zero-order valence-electron chi connectivity index (χ0n) is 10.0. The maximum Gasteiger partial charge on any atom is 0.185 e. The van der Waals surface area contributed by atoms with Gasteiger partial charge in [-0.05, 0) is 37.8 Å². The van der Waals surface area contributed by atoms with Crippen LogP contribution in [0.2, 0.25) is 0 Å². The Balaban J connectivity index is 1.84. The van der Waals surface area contributed by atoms with Gasteiger partial charge in [0.1, 0.15) is 11.8 Å². The van der Waals surface area contributed by atoms with Gasteiger partial charge in [-0.15, -0.1) is 0 Å². The van der Waals surface area contributed by atoms with Crippen molar-refractivity contribution >= 4 is 5.78 Å². The fraction of sp³-hybridized carbons (Fsp3) is 0.500. The molecule has 0 saturated carbocycles. The molecule has 0 radical (unpaired) electrons. The number of carbonyl (C=O) groups excluding carboxylic acids is 1. The molecule has 0 amide bonds. The Labute approximate surface area is 106 Å². The van der Waals surface area contributed by atoms with Gasteiger partial charge in [-0.2, -0.15) is 5.26 Å². The Morgan fingerprint density at radius 1 is 1.39 bits per heavy atom. The quantitative estimate of drug-likeness (QED) is 0.745. The van der Waals surface area contributed by atoms with Crippen molar-refractivity contribution in [3.8, 4) is 6.07 Å². The number of hydrogen-bond acceptors (Lipinski definition) is 4. The number of ether oxygens (including phenoxy) is 1. The first-order valence-corrected chi connectivity index (χ1v) is 6.32. The minimum Gasteiger partial charge on any atom is -0.375 e. The van der Waals surface area contributed by atoms with E-state index in [0.717, 1.165) is 25.7 Å². The maximum atomic E-state index is 12.4. The first-order valence-electron chi connectivity index (χ1n) is 6.32. The second-order valence-corrected chi connectivity index (χ2v) is 5.00. The molecule has 0 N–H and O–H groups in total. The second kappa shape index (κ2) is 4.51. The highest BCUT2D eigenvalue weighted by atomic mass is 16.5. The largest absolute Gasteiger partial charge is 0.375 e. The first kappa shape index (κ1) is 11.4. The third-order valence-electron chi connectivity index (χ3n) is 3.82. The number of carbonyl (C=O) groups is 1. The smallest absolute Gasteiger partial charge is 0.185 e. The number of pyridine rings is 1. The molecule has 2 unspecified atom stereocenters. The van der Waals surface area contributed by atoms with Gasteiger partial charge in [-0.1, -0.05) is 0 Å². The molecule has 4 nitrogen and oxygen atoms in total. The Hall–Kier alpha value is -1.73. The minimum absolute atomic E-state index is 0.00681. The van der Waals surface area contributed by atoms with E-state index in [9.17, 15) is 4.79 Å². The van der Waals surface area contributed by atoms with E-state index in [1.165, 1.54) is 0 Å². The van der Waals surface area contributed by atoms with Gasteiger partial charge in [0, 0.05) is 12.1 Å². The summed E-state index contributed by atoms with van der Waals surface area (Å²) < 4.78 is 5.73. The molecule has 18 heavy (non-hydrogen) atoms. The zero-order valence-corrected chi connectivity index (χ0v) is 10.0. The molecule has 2 atom stereocenters. The van der Waals surface area contributed by atoms with E-state index in [1.807, 2.05) is 6.07 Å². The van der Waals surface area contributed by atoms with E-state index in [2.05, 4.69) is 4.98 Å². The molecule has 0 aromatic carbocycles. The van der Waals surface area contributed by atoms with Crippen LogP contribution in [0.4, 0.5) is 0 Å². The molecule has 3 heterocycles. The Morgan fingerprint density at radius 3 is 2.78 bits per heavy atom. The molecule has 0 spiro atoms. The third-order valence-corrected chi connectivity index (χ3v) is 3.82. The van der Waals surface area contributed by atoms with E-state index < -0.39 is 0 Å². The van der Waals surface area contributed by atoms with Gasteiger partial charge in [-0.3, -0.25) is 9.78 Å². The van der Waals surface area contributed by atoms with Crippen molar-refractivity contribution in [3.63, 3.8) is 0 Å². The van der Waals surface area contributed by atoms with Crippen LogP contribution >= 0.6 is 0 Å². The molecule has 2 aliphatic rings. The topological polar surface area (TPSA) is 63.0 Å². The van der Waals surface area contributed by atoms with Crippen molar-refractivity contribution in [2.75, 3.05) is 0 Å². The number of hydrogen-bond donors (Lipinski definition) is 0. The minimum atomic E-state index is -0.0294. The highest BCUT2D eigenvalue weighted by molar-refractivity contribution is 5.98. The van der Waals surface area contributed by atoms with Crippen LogP contribution in [-0.2, 0) is 4.74 Å². The summed E-state index contributed by atoms with van der Waals surface area (Å²) in [5.74, 6) is -0.0226. The van der Waals surface area contributed by atoms with Crippen LogP contribution in [0, 0.1) is 17.2 Å². The number of rotatable bonds is 2. The molecule has 2 saturated heterocycles. The van der Waals surface area contributed by atoms with E-state index >= 15 is 0 Å². The average molecular weight is 242 g/mol. The number of Topliss-reactive ketones (excluding diaryl/α,β-unsaturated/α-hetero) is 1. The molecule has 2 bridgehead atoms. The summed E-state index contributed by atoms with van der Waals surface area (Å²) in [6.45, 7) is 0. The predicted molar refractivity (Wildman–Crippen MR) is 63.9 cm³/mol. The van der Waals surface area contributed by atoms with Crippen molar-refractivity contribution in [2.45, 2.75) is 37.9 Å². The third kappa shape index (κ3) is 1.91. The summed E-state index contributed by atoms with van der Waals surface area (Å²) in [5, 5.41) is 9.02. The molecule has 1 aromatic rings. The summed E-state index contributed by atoms with van der Waals surface area (Å²) in [7, 11) is 0. The van der Waals surface area contributed by atoms with Crippen LogP contribution in [0.5, 0.6) is 0 Å². The lowest BCUT2D eigenvalue weighted by Crippen LogP contribution is -2.30. The summed E-state index contributed by atoms with van der Waals surface area (Å²) >= 11 is 0. The van der Waals surface area contributed by atoms with E-state index in [4.69, 9.17) is 10.00 Å². The Bertz CT molecular complexity index is 509. The van der Waals surface area contributed by atoms with Crippen LogP contribution < -0.4 is 0 Å². The fourth-order valence-electron chi connectivity index (χ4n) is 2.96. The van der Waals surface area contributed by atoms with Crippen LogP contribution in [-0.4, -0.2) is 23.0 Å². The number of nitrogens with zero attached hydrogens (tertiary/aromatic N) is 2. The number of nitriles is 1. The molecule has 3 rings (SSSR count). The number of fused-ring (bicyclic) bond motifs is 2. The molecule has 4 heteroatoms. The van der Waals surface area contributed by atoms with Crippen molar-refractivity contribution in [3.05, 3.63) is 29.6 Å². The summed E-state index contributed by atoms with van der Waals surface area (Å²) in [6, 6.07) is 5.37. The van der Waals surface area contributed by atoms with Gasteiger partial charge in [0.15, 0.2) is 5.78 Å². The summed E-state index contributed by atoms with van der Waals surface area (Å²) in [4.78, 5) is 16.5. The Kier molecular flexibility index (Phi) is 2.85. The van der Waals surface area contributed by atoms with Crippen LogP contribution in [0.25, 0.3) is 0 Å². The van der Waals surface area contributed by atoms with Crippen molar-refractivity contribution in [1.82, 2.24) is 4.98 Å². The van der Waals surface area contributed by atoms with Gasteiger partial charge >= 0.3 is 0 Å².